The van der Waals surface area contributed by atoms with Crippen molar-refractivity contribution in [2.75, 3.05) is 5.73 Å². The third-order valence-corrected chi connectivity index (χ3v) is 4.03. The van der Waals surface area contributed by atoms with Crippen molar-refractivity contribution in [2.24, 2.45) is 0 Å². The number of halogens is 1. The van der Waals surface area contributed by atoms with Crippen molar-refractivity contribution >= 4 is 17.4 Å². The quantitative estimate of drug-likeness (QED) is 0.574. The summed E-state index contributed by atoms with van der Waals surface area (Å²) in [6.45, 7) is 0. The van der Waals surface area contributed by atoms with Gasteiger partial charge in [0, 0.05) is 28.0 Å². The van der Waals surface area contributed by atoms with Gasteiger partial charge in [0.1, 0.15) is 5.82 Å². The molecule has 0 saturated carbocycles. The van der Waals surface area contributed by atoms with Crippen LogP contribution in [0.25, 0.3) is 11.3 Å². The fraction of sp³-hybridized carbons (Fsp3) is 0.0625. The van der Waals surface area contributed by atoms with E-state index in [1.807, 2.05) is 36.4 Å². The van der Waals surface area contributed by atoms with Crippen molar-refractivity contribution in [3.63, 3.8) is 0 Å². The minimum Gasteiger partial charge on any atom is -0.399 e. The van der Waals surface area contributed by atoms with Crippen LogP contribution in [0.5, 0.6) is 0 Å². The van der Waals surface area contributed by atoms with Gasteiger partial charge in [0.25, 0.3) is 0 Å². The lowest BCUT2D eigenvalue weighted by atomic mass is 10.2. The second kappa shape index (κ2) is 6.01. The second-order valence-electron chi connectivity index (χ2n) is 4.53. The summed E-state index contributed by atoms with van der Waals surface area (Å²) in [4.78, 5) is 0.550. The van der Waals surface area contributed by atoms with Crippen LogP contribution in [0, 0.1) is 5.82 Å². The molecule has 0 spiro atoms. The Morgan fingerprint density at radius 3 is 2.67 bits per heavy atom. The number of nitrogens with zero attached hydrogens (tertiary/aromatic N) is 1. The first-order valence-corrected chi connectivity index (χ1v) is 7.40. The molecule has 0 bridgehead atoms. The summed E-state index contributed by atoms with van der Waals surface area (Å²) in [7, 11) is 0. The zero-order chi connectivity index (χ0) is 14.7. The highest BCUT2D eigenvalue weighted by Crippen LogP contribution is 2.28. The molecular weight excluding hydrogens is 287 g/mol. The largest absolute Gasteiger partial charge is 0.399 e. The van der Waals surface area contributed by atoms with E-state index >= 15 is 0 Å². The second-order valence-corrected chi connectivity index (χ2v) is 5.54. The van der Waals surface area contributed by atoms with Crippen LogP contribution in [-0.4, -0.2) is 5.16 Å². The Balaban J connectivity index is 1.70. The summed E-state index contributed by atoms with van der Waals surface area (Å²) in [5.74, 6) is 0.938. The molecule has 2 N–H and O–H groups in total. The lowest BCUT2D eigenvalue weighted by molar-refractivity contribution is 0.426. The first-order chi connectivity index (χ1) is 10.2. The van der Waals surface area contributed by atoms with Crippen LogP contribution in [0.4, 0.5) is 10.1 Å². The number of anilines is 1. The fourth-order valence-corrected chi connectivity index (χ4v) is 2.70. The van der Waals surface area contributed by atoms with Crippen molar-refractivity contribution in [1.29, 1.82) is 0 Å². The molecule has 0 radical (unpaired) electrons. The highest BCUT2D eigenvalue weighted by Gasteiger charge is 2.09. The Kier molecular flexibility index (Phi) is 3.92. The topological polar surface area (TPSA) is 52.0 Å². The number of nitrogen functional groups attached to an aromatic ring is 1. The predicted octanol–water partition coefficient (Wildman–Crippen LogP) is 4.36. The molecule has 0 fully saturated rings. The van der Waals surface area contributed by atoms with Crippen LogP contribution in [0.1, 0.15) is 5.69 Å². The molecule has 2 aromatic carbocycles. The van der Waals surface area contributed by atoms with E-state index in [1.165, 1.54) is 17.8 Å². The standard InChI is InChI=1S/C16H13FN2OS/c17-14-8-12(18)6-7-16(14)21-10-13-9-15(20-19-13)11-4-2-1-3-5-11/h1-9H,10,18H2. The van der Waals surface area contributed by atoms with Gasteiger partial charge in [0.15, 0.2) is 5.76 Å². The third-order valence-electron chi connectivity index (χ3n) is 2.95. The van der Waals surface area contributed by atoms with E-state index in [-0.39, 0.29) is 5.82 Å². The highest BCUT2D eigenvalue weighted by atomic mass is 32.2. The molecule has 1 aromatic heterocycles. The zero-order valence-electron chi connectivity index (χ0n) is 11.1. The van der Waals surface area contributed by atoms with Crippen molar-refractivity contribution in [1.82, 2.24) is 5.16 Å². The van der Waals surface area contributed by atoms with Crippen molar-refractivity contribution in [3.8, 4) is 11.3 Å². The molecule has 0 saturated heterocycles. The van der Waals surface area contributed by atoms with Crippen molar-refractivity contribution in [2.45, 2.75) is 10.6 Å². The molecule has 106 valence electrons. The molecule has 21 heavy (non-hydrogen) atoms. The van der Waals surface area contributed by atoms with Crippen LogP contribution in [0.15, 0.2) is 64.0 Å². The summed E-state index contributed by atoms with van der Waals surface area (Å²) in [5, 5.41) is 4.01. The molecule has 0 unspecified atom stereocenters. The summed E-state index contributed by atoms with van der Waals surface area (Å²) in [6.07, 6.45) is 0. The number of thioether (sulfide) groups is 1. The summed E-state index contributed by atoms with van der Waals surface area (Å²) < 4.78 is 19.0. The van der Waals surface area contributed by atoms with E-state index in [0.29, 0.717) is 22.1 Å². The van der Waals surface area contributed by atoms with Gasteiger partial charge >= 0.3 is 0 Å². The Morgan fingerprint density at radius 2 is 1.90 bits per heavy atom. The molecule has 3 aromatic rings. The summed E-state index contributed by atoms with van der Waals surface area (Å²) >= 11 is 1.36. The molecule has 3 rings (SSSR count). The third kappa shape index (κ3) is 3.25. The van der Waals surface area contributed by atoms with Gasteiger partial charge in [-0.1, -0.05) is 35.5 Å². The van der Waals surface area contributed by atoms with E-state index in [0.717, 1.165) is 11.3 Å². The Hall–Kier alpha value is -2.27. The lowest BCUT2D eigenvalue weighted by Crippen LogP contribution is -1.88. The Bertz CT molecular complexity index is 743. The van der Waals surface area contributed by atoms with Crippen LogP contribution in [0.2, 0.25) is 0 Å². The van der Waals surface area contributed by atoms with Crippen LogP contribution >= 0.6 is 11.8 Å². The van der Waals surface area contributed by atoms with Crippen LogP contribution in [-0.2, 0) is 5.75 Å². The minimum absolute atomic E-state index is 0.313. The monoisotopic (exact) mass is 300 g/mol. The number of benzene rings is 2. The van der Waals surface area contributed by atoms with Crippen molar-refractivity contribution < 1.29 is 8.91 Å². The number of hydrogen-bond acceptors (Lipinski definition) is 4. The molecule has 0 aliphatic rings. The molecule has 0 amide bonds. The van der Waals surface area contributed by atoms with Crippen LogP contribution in [0.3, 0.4) is 0 Å². The van der Waals surface area contributed by atoms with E-state index < -0.39 is 0 Å². The SMILES string of the molecule is Nc1ccc(SCc2cc(-c3ccccc3)on2)c(F)c1. The Labute approximate surface area is 126 Å². The van der Waals surface area contributed by atoms with Crippen LogP contribution < -0.4 is 5.73 Å². The first-order valence-electron chi connectivity index (χ1n) is 6.41. The maximum absolute atomic E-state index is 13.7. The predicted molar refractivity (Wildman–Crippen MR) is 82.3 cm³/mol. The van der Waals surface area contributed by atoms with Crippen molar-refractivity contribution in [3.05, 3.63) is 66.1 Å². The maximum atomic E-state index is 13.7. The highest BCUT2D eigenvalue weighted by molar-refractivity contribution is 7.98. The van der Waals surface area contributed by atoms with E-state index in [4.69, 9.17) is 10.3 Å². The van der Waals surface area contributed by atoms with Gasteiger partial charge in [-0.15, -0.1) is 11.8 Å². The molecular formula is C16H13FN2OS. The smallest absolute Gasteiger partial charge is 0.167 e. The van der Waals surface area contributed by atoms with E-state index in [2.05, 4.69) is 5.16 Å². The van der Waals surface area contributed by atoms with Gasteiger partial charge < -0.3 is 10.3 Å². The number of hydrogen-bond donors (Lipinski definition) is 1. The molecule has 5 heteroatoms. The summed E-state index contributed by atoms with van der Waals surface area (Å²) in [6, 6.07) is 16.3. The van der Waals surface area contributed by atoms with E-state index in [9.17, 15) is 4.39 Å². The molecule has 0 atom stereocenters. The average molecular weight is 300 g/mol. The Morgan fingerprint density at radius 1 is 1.10 bits per heavy atom. The van der Waals surface area contributed by atoms with Gasteiger partial charge in [-0.25, -0.2) is 4.39 Å². The number of aromatic nitrogens is 1. The van der Waals surface area contributed by atoms with Gasteiger partial charge in [-0.3, -0.25) is 0 Å². The average Bonchev–Trinajstić information content (AvgIpc) is 2.96. The molecule has 3 nitrogen and oxygen atoms in total. The fourth-order valence-electron chi connectivity index (χ4n) is 1.90. The molecule has 0 aliphatic carbocycles. The van der Waals surface area contributed by atoms with Gasteiger partial charge in [0.2, 0.25) is 0 Å². The lowest BCUT2D eigenvalue weighted by Gasteiger charge is -2.01. The van der Waals surface area contributed by atoms with Gasteiger partial charge in [-0.2, -0.15) is 0 Å². The number of nitrogens with two attached hydrogens (primary N) is 1. The normalized spacial score (nSPS) is 10.7. The summed E-state index contributed by atoms with van der Waals surface area (Å²) in [5.41, 5.74) is 7.69. The number of rotatable bonds is 4. The first kappa shape index (κ1) is 13.7. The molecule has 0 aliphatic heterocycles. The van der Waals surface area contributed by atoms with Gasteiger partial charge in [-0.05, 0) is 18.2 Å². The van der Waals surface area contributed by atoms with E-state index in [1.54, 1.807) is 12.1 Å². The minimum atomic E-state index is -0.313. The maximum Gasteiger partial charge on any atom is 0.167 e. The van der Waals surface area contributed by atoms with Gasteiger partial charge in [0.05, 0.1) is 5.69 Å². The zero-order valence-corrected chi connectivity index (χ0v) is 11.9. The molecule has 1 heterocycles.